The molecule has 1 amide bonds. The van der Waals surface area contributed by atoms with Crippen LogP contribution in [0.2, 0.25) is 0 Å². The minimum Gasteiger partial charge on any atom is -0.341 e. The van der Waals surface area contributed by atoms with Crippen LogP contribution in [0.1, 0.15) is 18.5 Å². The fourth-order valence-corrected chi connectivity index (χ4v) is 2.67. The normalized spacial score (nSPS) is 15.6. The lowest BCUT2D eigenvalue weighted by atomic mass is 10.1. The van der Waals surface area contributed by atoms with Gasteiger partial charge in [-0.2, -0.15) is 0 Å². The number of thioether (sulfide) groups is 1. The summed E-state index contributed by atoms with van der Waals surface area (Å²) < 4.78 is 0. The zero-order chi connectivity index (χ0) is 13.8. The molecule has 1 aliphatic rings. The van der Waals surface area contributed by atoms with Crippen LogP contribution in [0, 0.1) is 6.92 Å². The van der Waals surface area contributed by atoms with Gasteiger partial charge in [-0.05, 0) is 6.92 Å². The summed E-state index contributed by atoms with van der Waals surface area (Å²) in [6.07, 6.45) is 0.881. The number of carbonyl (C=O) groups excluding carboxylic acids is 2. The molecule has 102 valence electrons. The Morgan fingerprint density at radius 3 is 2.74 bits per heavy atom. The largest absolute Gasteiger partial charge is 0.341 e. The van der Waals surface area contributed by atoms with Crippen LogP contribution >= 0.6 is 11.8 Å². The average Bonchev–Trinajstić information content (AvgIpc) is 2.36. The molecule has 0 saturated carbocycles. The Labute approximate surface area is 114 Å². The van der Waals surface area contributed by atoms with Gasteiger partial charge in [0.2, 0.25) is 5.91 Å². The average molecular weight is 281 g/mol. The van der Waals surface area contributed by atoms with Crippen molar-refractivity contribution < 1.29 is 9.59 Å². The molecule has 0 unspecified atom stereocenters. The first kappa shape index (κ1) is 13.8. The third kappa shape index (κ3) is 3.92. The first-order valence-corrected chi connectivity index (χ1v) is 7.03. The van der Waals surface area contributed by atoms with Crippen LogP contribution in [0.15, 0.2) is 16.0 Å². The number of aromatic nitrogens is 2. The van der Waals surface area contributed by atoms with Gasteiger partial charge in [-0.25, -0.2) is 4.98 Å². The first-order valence-electron chi connectivity index (χ1n) is 6.05. The summed E-state index contributed by atoms with van der Waals surface area (Å²) in [5, 5.41) is 0.450. The van der Waals surface area contributed by atoms with Gasteiger partial charge in [-0.1, -0.05) is 11.8 Å². The Kier molecular flexibility index (Phi) is 4.36. The van der Waals surface area contributed by atoms with Crippen molar-refractivity contribution in [2.45, 2.75) is 24.9 Å². The topological polar surface area (TPSA) is 83.1 Å². The van der Waals surface area contributed by atoms with Crippen molar-refractivity contribution in [1.82, 2.24) is 14.9 Å². The van der Waals surface area contributed by atoms with E-state index in [1.54, 1.807) is 11.8 Å². The summed E-state index contributed by atoms with van der Waals surface area (Å²) in [4.78, 5) is 42.7. The molecule has 1 fully saturated rings. The Balaban J connectivity index is 1.89. The van der Waals surface area contributed by atoms with E-state index >= 15 is 0 Å². The highest BCUT2D eigenvalue weighted by molar-refractivity contribution is 7.99. The molecular formula is C12H15N3O3S. The zero-order valence-corrected chi connectivity index (χ0v) is 11.5. The van der Waals surface area contributed by atoms with Crippen LogP contribution in [0.4, 0.5) is 0 Å². The highest BCUT2D eigenvalue weighted by atomic mass is 32.2. The number of aryl methyl sites for hydroxylation is 1. The number of hydrogen-bond donors (Lipinski definition) is 1. The van der Waals surface area contributed by atoms with E-state index in [-0.39, 0.29) is 23.0 Å². The zero-order valence-electron chi connectivity index (χ0n) is 10.6. The molecule has 7 heteroatoms. The third-order valence-corrected chi connectivity index (χ3v) is 3.71. The van der Waals surface area contributed by atoms with E-state index in [9.17, 15) is 14.4 Å². The van der Waals surface area contributed by atoms with Crippen LogP contribution in [0.5, 0.6) is 0 Å². The standard InChI is InChI=1S/C12H15N3O3S/c1-8-6-10(17)14-12(13-8)19-7-11(18)15-4-2-9(16)3-5-15/h6H,2-5,7H2,1H3,(H,13,14,17). The van der Waals surface area contributed by atoms with Crippen LogP contribution in [-0.2, 0) is 9.59 Å². The van der Waals surface area contributed by atoms with Gasteiger partial charge in [0.1, 0.15) is 5.78 Å². The van der Waals surface area contributed by atoms with Gasteiger partial charge in [-0.15, -0.1) is 0 Å². The van der Waals surface area contributed by atoms with Crippen LogP contribution in [0.3, 0.4) is 0 Å². The van der Waals surface area contributed by atoms with Crippen molar-refractivity contribution >= 4 is 23.5 Å². The molecule has 19 heavy (non-hydrogen) atoms. The smallest absolute Gasteiger partial charge is 0.251 e. The van der Waals surface area contributed by atoms with Crippen LogP contribution in [-0.4, -0.2) is 45.4 Å². The Bertz CT molecular complexity index is 545. The highest BCUT2D eigenvalue weighted by Crippen LogP contribution is 2.14. The van der Waals surface area contributed by atoms with E-state index in [1.165, 1.54) is 17.8 Å². The van der Waals surface area contributed by atoms with Crippen molar-refractivity contribution in [2.24, 2.45) is 0 Å². The van der Waals surface area contributed by atoms with E-state index in [0.717, 1.165) is 0 Å². The number of ketones is 1. The SMILES string of the molecule is Cc1cc(=O)[nH]c(SCC(=O)N2CCC(=O)CC2)n1. The number of piperidine rings is 1. The molecule has 0 atom stereocenters. The van der Waals surface area contributed by atoms with Crippen molar-refractivity contribution in [3.63, 3.8) is 0 Å². The fraction of sp³-hybridized carbons (Fsp3) is 0.500. The molecule has 0 aromatic carbocycles. The molecule has 1 saturated heterocycles. The van der Waals surface area contributed by atoms with Crippen molar-refractivity contribution in [3.8, 4) is 0 Å². The fourth-order valence-electron chi connectivity index (χ4n) is 1.85. The molecule has 0 radical (unpaired) electrons. The van der Waals surface area contributed by atoms with E-state index in [4.69, 9.17) is 0 Å². The first-order chi connectivity index (χ1) is 9.04. The molecule has 0 aliphatic carbocycles. The molecular weight excluding hydrogens is 266 g/mol. The van der Waals surface area contributed by atoms with Crippen molar-refractivity contribution in [2.75, 3.05) is 18.8 Å². The van der Waals surface area contributed by atoms with E-state index in [2.05, 4.69) is 9.97 Å². The number of nitrogens with zero attached hydrogens (tertiary/aromatic N) is 2. The maximum Gasteiger partial charge on any atom is 0.251 e. The lowest BCUT2D eigenvalue weighted by Gasteiger charge is -2.25. The number of rotatable bonds is 3. The number of H-pyrrole nitrogens is 1. The van der Waals surface area contributed by atoms with Gasteiger partial charge in [0.15, 0.2) is 5.16 Å². The van der Waals surface area contributed by atoms with Gasteiger partial charge in [-0.3, -0.25) is 14.4 Å². The van der Waals surface area contributed by atoms with Gasteiger partial charge >= 0.3 is 0 Å². The van der Waals surface area contributed by atoms with Crippen LogP contribution in [0.25, 0.3) is 0 Å². The predicted octanol–water partition coefficient (Wildman–Crippen LogP) is 0.362. The van der Waals surface area contributed by atoms with Gasteiger partial charge in [0.25, 0.3) is 5.56 Å². The minimum atomic E-state index is -0.217. The highest BCUT2D eigenvalue weighted by Gasteiger charge is 2.20. The summed E-state index contributed by atoms with van der Waals surface area (Å²) in [6.45, 7) is 2.73. The Morgan fingerprint density at radius 1 is 1.42 bits per heavy atom. The number of carbonyl (C=O) groups is 2. The number of Topliss-reactive ketones (excluding diaryl/α,β-unsaturated/α-hetero) is 1. The van der Waals surface area contributed by atoms with Gasteiger partial charge in [0.05, 0.1) is 5.75 Å². The second kappa shape index (κ2) is 6.01. The number of nitrogens with one attached hydrogen (secondary N) is 1. The maximum atomic E-state index is 11.9. The second-order valence-corrected chi connectivity index (χ2v) is 5.36. The van der Waals surface area contributed by atoms with E-state index in [1.807, 2.05) is 0 Å². The minimum absolute atomic E-state index is 0.0262. The monoisotopic (exact) mass is 281 g/mol. The molecule has 2 rings (SSSR count). The molecule has 1 aromatic rings. The molecule has 2 heterocycles. The number of aromatic amines is 1. The van der Waals surface area contributed by atoms with E-state index < -0.39 is 0 Å². The van der Waals surface area contributed by atoms with Crippen molar-refractivity contribution in [1.29, 1.82) is 0 Å². The van der Waals surface area contributed by atoms with Crippen LogP contribution < -0.4 is 5.56 Å². The van der Waals surface area contributed by atoms with Gasteiger partial charge < -0.3 is 9.88 Å². The quantitative estimate of drug-likeness (QED) is 0.639. The summed E-state index contributed by atoms with van der Waals surface area (Å²) in [6, 6.07) is 1.40. The maximum absolute atomic E-state index is 11.9. The Hall–Kier alpha value is -1.63. The Morgan fingerprint density at radius 2 is 2.11 bits per heavy atom. The number of hydrogen-bond acceptors (Lipinski definition) is 5. The molecule has 0 bridgehead atoms. The molecule has 1 N–H and O–H groups in total. The van der Waals surface area contributed by atoms with Crippen molar-refractivity contribution in [3.05, 3.63) is 22.1 Å². The molecule has 1 aromatic heterocycles. The summed E-state index contributed by atoms with van der Waals surface area (Å²) >= 11 is 1.21. The summed E-state index contributed by atoms with van der Waals surface area (Å²) in [5.74, 6) is 0.406. The molecule has 1 aliphatic heterocycles. The van der Waals surface area contributed by atoms with Gasteiger partial charge in [0, 0.05) is 37.7 Å². The summed E-state index contributed by atoms with van der Waals surface area (Å²) in [7, 11) is 0. The molecule has 6 nitrogen and oxygen atoms in total. The van der Waals surface area contributed by atoms with E-state index in [0.29, 0.717) is 36.8 Å². The summed E-state index contributed by atoms with van der Waals surface area (Å²) in [5.41, 5.74) is 0.410. The second-order valence-electron chi connectivity index (χ2n) is 4.40. The predicted molar refractivity (Wildman–Crippen MR) is 71.1 cm³/mol. The number of likely N-dealkylation sites (tertiary alicyclic amines) is 1. The third-order valence-electron chi connectivity index (χ3n) is 2.85. The number of amides is 1. The molecule has 0 spiro atoms. The lowest BCUT2D eigenvalue weighted by Crippen LogP contribution is -2.39. The lowest BCUT2D eigenvalue weighted by molar-refractivity contribution is -0.132.